The van der Waals surface area contributed by atoms with E-state index in [9.17, 15) is 9.59 Å². The van der Waals surface area contributed by atoms with E-state index in [0.29, 0.717) is 12.2 Å². The van der Waals surface area contributed by atoms with E-state index in [4.69, 9.17) is 0 Å². The molecular formula is C14H21N3O2S. The lowest BCUT2D eigenvalue weighted by atomic mass is 10.3. The largest absolute Gasteiger partial charge is 0.348 e. The summed E-state index contributed by atoms with van der Waals surface area (Å²) in [5.74, 6) is -1.23. The number of thioether (sulfide) groups is 1. The SMILES string of the molecule is CSc1cccc(NC(=O)C(=O)NCCCN(C)C)c1. The van der Waals surface area contributed by atoms with Gasteiger partial charge in [-0.3, -0.25) is 9.59 Å². The average Bonchev–Trinajstić information content (AvgIpc) is 2.43. The number of anilines is 1. The van der Waals surface area contributed by atoms with Crippen molar-refractivity contribution in [1.82, 2.24) is 10.2 Å². The molecule has 0 heterocycles. The Bertz CT molecular complexity index is 463. The minimum Gasteiger partial charge on any atom is -0.348 e. The van der Waals surface area contributed by atoms with Crippen molar-refractivity contribution < 1.29 is 9.59 Å². The average molecular weight is 295 g/mol. The van der Waals surface area contributed by atoms with E-state index in [1.54, 1.807) is 17.8 Å². The molecule has 5 nitrogen and oxygen atoms in total. The van der Waals surface area contributed by atoms with Crippen LogP contribution in [0.25, 0.3) is 0 Å². The molecule has 0 spiro atoms. The van der Waals surface area contributed by atoms with Crippen molar-refractivity contribution in [3.05, 3.63) is 24.3 Å². The summed E-state index contributed by atoms with van der Waals surface area (Å²) in [6, 6.07) is 7.39. The minimum absolute atomic E-state index is 0.495. The van der Waals surface area contributed by atoms with Crippen molar-refractivity contribution >= 4 is 29.3 Å². The zero-order chi connectivity index (χ0) is 15.0. The Labute approximate surface area is 124 Å². The molecule has 0 atom stereocenters. The van der Waals surface area contributed by atoms with E-state index in [-0.39, 0.29) is 0 Å². The van der Waals surface area contributed by atoms with Gasteiger partial charge < -0.3 is 15.5 Å². The zero-order valence-corrected chi connectivity index (χ0v) is 12.9. The van der Waals surface area contributed by atoms with Gasteiger partial charge in [0.05, 0.1) is 0 Å². The van der Waals surface area contributed by atoms with Crippen molar-refractivity contribution in [2.75, 3.05) is 38.8 Å². The van der Waals surface area contributed by atoms with Crippen LogP contribution in [0.2, 0.25) is 0 Å². The molecule has 1 aromatic carbocycles. The van der Waals surface area contributed by atoms with Crippen LogP contribution in [0, 0.1) is 0 Å². The van der Waals surface area contributed by atoms with E-state index < -0.39 is 11.8 Å². The van der Waals surface area contributed by atoms with E-state index in [1.165, 1.54) is 0 Å². The lowest BCUT2D eigenvalue weighted by Gasteiger charge is -2.10. The number of hydrogen-bond acceptors (Lipinski definition) is 4. The van der Waals surface area contributed by atoms with Crippen LogP contribution in [-0.2, 0) is 9.59 Å². The summed E-state index contributed by atoms with van der Waals surface area (Å²) in [5.41, 5.74) is 0.630. The number of rotatable bonds is 6. The Balaban J connectivity index is 2.39. The van der Waals surface area contributed by atoms with Crippen molar-refractivity contribution in [3.8, 4) is 0 Å². The topological polar surface area (TPSA) is 61.4 Å². The second-order valence-corrected chi connectivity index (χ2v) is 5.48. The van der Waals surface area contributed by atoms with Crippen molar-refractivity contribution in [2.24, 2.45) is 0 Å². The summed E-state index contributed by atoms with van der Waals surface area (Å²) in [5, 5.41) is 5.20. The van der Waals surface area contributed by atoms with Crippen LogP contribution in [-0.4, -0.2) is 50.2 Å². The molecule has 0 saturated heterocycles. The van der Waals surface area contributed by atoms with Crippen molar-refractivity contribution in [3.63, 3.8) is 0 Å². The van der Waals surface area contributed by atoms with Crippen LogP contribution < -0.4 is 10.6 Å². The number of benzene rings is 1. The third kappa shape index (κ3) is 6.08. The molecule has 6 heteroatoms. The van der Waals surface area contributed by atoms with Gasteiger partial charge in [-0.25, -0.2) is 0 Å². The predicted molar refractivity (Wildman–Crippen MR) is 83.0 cm³/mol. The number of hydrogen-bond donors (Lipinski definition) is 2. The Hall–Kier alpha value is -1.53. The third-order valence-corrected chi connectivity index (χ3v) is 3.33. The fourth-order valence-corrected chi connectivity index (χ4v) is 2.03. The van der Waals surface area contributed by atoms with Gasteiger partial charge in [0.1, 0.15) is 0 Å². The lowest BCUT2D eigenvalue weighted by molar-refractivity contribution is -0.136. The summed E-state index contributed by atoms with van der Waals surface area (Å²) in [4.78, 5) is 26.4. The van der Waals surface area contributed by atoms with Gasteiger partial charge in [-0.15, -0.1) is 11.8 Å². The van der Waals surface area contributed by atoms with Crippen LogP contribution in [0.5, 0.6) is 0 Å². The number of carbonyl (C=O) groups is 2. The molecule has 0 fully saturated rings. The molecule has 2 N–H and O–H groups in total. The minimum atomic E-state index is -0.631. The fraction of sp³-hybridized carbons (Fsp3) is 0.429. The van der Waals surface area contributed by atoms with Gasteiger partial charge in [0.2, 0.25) is 0 Å². The number of carbonyl (C=O) groups excluding carboxylic acids is 2. The summed E-state index contributed by atoms with van der Waals surface area (Å²) >= 11 is 1.58. The molecule has 0 aromatic heterocycles. The van der Waals surface area contributed by atoms with Crippen molar-refractivity contribution in [2.45, 2.75) is 11.3 Å². The van der Waals surface area contributed by atoms with Gasteiger partial charge in [0, 0.05) is 17.1 Å². The molecule has 0 aliphatic rings. The van der Waals surface area contributed by atoms with Crippen LogP contribution >= 0.6 is 11.8 Å². The maximum absolute atomic E-state index is 11.7. The Morgan fingerprint density at radius 3 is 2.65 bits per heavy atom. The van der Waals surface area contributed by atoms with Crippen molar-refractivity contribution in [1.29, 1.82) is 0 Å². The van der Waals surface area contributed by atoms with E-state index >= 15 is 0 Å². The molecular weight excluding hydrogens is 274 g/mol. The van der Waals surface area contributed by atoms with Gasteiger partial charge in [-0.05, 0) is 51.5 Å². The highest BCUT2D eigenvalue weighted by atomic mass is 32.2. The molecule has 0 aliphatic carbocycles. The van der Waals surface area contributed by atoms with Crippen LogP contribution in [0.4, 0.5) is 5.69 Å². The quantitative estimate of drug-likeness (QED) is 0.473. The van der Waals surface area contributed by atoms with Crippen LogP contribution in [0.15, 0.2) is 29.2 Å². The number of nitrogens with zero attached hydrogens (tertiary/aromatic N) is 1. The summed E-state index contributed by atoms with van der Waals surface area (Å²) in [6.07, 6.45) is 2.77. The standard InChI is InChI=1S/C14H21N3O2S/c1-17(2)9-5-8-15-13(18)14(19)16-11-6-4-7-12(10-11)20-3/h4,6-7,10H,5,8-9H2,1-3H3,(H,15,18)(H,16,19). The van der Waals surface area contributed by atoms with E-state index in [1.807, 2.05) is 43.5 Å². The molecule has 0 unspecified atom stereocenters. The molecule has 0 radical (unpaired) electrons. The lowest BCUT2D eigenvalue weighted by Crippen LogP contribution is -2.36. The van der Waals surface area contributed by atoms with Gasteiger partial charge in [-0.2, -0.15) is 0 Å². The first kappa shape index (κ1) is 16.5. The van der Waals surface area contributed by atoms with Crippen LogP contribution in [0.3, 0.4) is 0 Å². The zero-order valence-electron chi connectivity index (χ0n) is 12.1. The normalized spacial score (nSPS) is 10.4. The second kappa shape index (κ2) is 8.60. The predicted octanol–water partition coefficient (Wildman–Crippen LogP) is 1.41. The summed E-state index contributed by atoms with van der Waals surface area (Å²) in [7, 11) is 3.93. The smallest absolute Gasteiger partial charge is 0.313 e. The third-order valence-electron chi connectivity index (χ3n) is 2.60. The summed E-state index contributed by atoms with van der Waals surface area (Å²) < 4.78 is 0. The molecule has 110 valence electrons. The first-order valence-electron chi connectivity index (χ1n) is 6.41. The highest BCUT2D eigenvalue weighted by molar-refractivity contribution is 7.98. The monoisotopic (exact) mass is 295 g/mol. The Morgan fingerprint density at radius 1 is 1.25 bits per heavy atom. The maximum Gasteiger partial charge on any atom is 0.313 e. The first-order chi connectivity index (χ1) is 9.52. The molecule has 20 heavy (non-hydrogen) atoms. The number of amides is 2. The van der Waals surface area contributed by atoms with Gasteiger partial charge in [0.15, 0.2) is 0 Å². The maximum atomic E-state index is 11.7. The second-order valence-electron chi connectivity index (χ2n) is 4.60. The van der Waals surface area contributed by atoms with Gasteiger partial charge in [-0.1, -0.05) is 6.07 Å². The van der Waals surface area contributed by atoms with Gasteiger partial charge in [0.25, 0.3) is 0 Å². The molecule has 2 amide bonds. The summed E-state index contributed by atoms with van der Waals surface area (Å²) in [6.45, 7) is 1.37. The Morgan fingerprint density at radius 2 is 2.00 bits per heavy atom. The van der Waals surface area contributed by atoms with E-state index in [2.05, 4.69) is 10.6 Å². The van der Waals surface area contributed by atoms with E-state index in [0.717, 1.165) is 17.9 Å². The number of nitrogens with one attached hydrogen (secondary N) is 2. The van der Waals surface area contributed by atoms with Gasteiger partial charge >= 0.3 is 11.8 Å². The highest BCUT2D eigenvalue weighted by Crippen LogP contribution is 2.18. The first-order valence-corrected chi connectivity index (χ1v) is 7.63. The molecule has 0 saturated carbocycles. The molecule has 0 bridgehead atoms. The molecule has 0 aliphatic heterocycles. The fourth-order valence-electron chi connectivity index (χ4n) is 1.57. The Kier molecular flexibility index (Phi) is 7.11. The highest BCUT2D eigenvalue weighted by Gasteiger charge is 2.12. The molecule has 1 aromatic rings. The molecule has 1 rings (SSSR count). The van der Waals surface area contributed by atoms with Crippen LogP contribution in [0.1, 0.15) is 6.42 Å².